The highest BCUT2D eigenvalue weighted by molar-refractivity contribution is 7.93. The predicted octanol–water partition coefficient (Wildman–Crippen LogP) is 3.75. The Morgan fingerprint density at radius 2 is 2.00 bits per heavy atom. The number of anilines is 1. The van der Waals surface area contributed by atoms with E-state index in [2.05, 4.69) is 5.16 Å². The lowest BCUT2D eigenvalue weighted by Crippen LogP contribution is -2.30. The minimum atomic E-state index is -5.54. The number of sulfonamides is 1. The van der Waals surface area contributed by atoms with Crippen molar-refractivity contribution in [3.05, 3.63) is 28.8 Å². The highest BCUT2D eigenvalue weighted by atomic mass is 35.5. The molecule has 0 atom stereocenters. The molecule has 0 aromatic heterocycles. The molecule has 10 heteroatoms. The van der Waals surface area contributed by atoms with Gasteiger partial charge in [-0.3, -0.25) is 4.72 Å². The lowest BCUT2D eigenvalue weighted by atomic mass is 10.1. The van der Waals surface area contributed by atoms with Gasteiger partial charge in [-0.1, -0.05) is 23.7 Å². The SMILES string of the molecule is CCON=C(CC)c1cc(Cl)ccc1NS(=O)(=O)C(F)(F)F. The average molecular weight is 359 g/mol. The van der Waals surface area contributed by atoms with Gasteiger partial charge in [0.2, 0.25) is 0 Å². The highest BCUT2D eigenvalue weighted by Gasteiger charge is 2.46. The summed E-state index contributed by atoms with van der Waals surface area (Å²) in [5.74, 6) is 0. The third-order valence-corrected chi connectivity index (χ3v) is 3.81. The third kappa shape index (κ3) is 4.51. The van der Waals surface area contributed by atoms with Crippen molar-refractivity contribution >= 4 is 33.0 Å². The molecule has 0 fully saturated rings. The van der Waals surface area contributed by atoms with E-state index in [1.807, 2.05) is 0 Å². The zero-order chi connectivity index (χ0) is 17.0. The number of rotatable bonds is 6. The monoisotopic (exact) mass is 358 g/mol. The molecule has 0 heterocycles. The molecule has 5 nitrogen and oxygen atoms in total. The highest BCUT2D eigenvalue weighted by Crippen LogP contribution is 2.29. The molecule has 0 aliphatic carbocycles. The van der Waals surface area contributed by atoms with E-state index in [4.69, 9.17) is 16.4 Å². The molecule has 1 aromatic carbocycles. The molecule has 0 saturated heterocycles. The van der Waals surface area contributed by atoms with Crippen LogP contribution in [0.25, 0.3) is 0 Å². The fourth-order valence-electron chi connectivity index (χ4n) is 1.49. The zero-order valence-corrected chi connectivity index (χ0v) is 13.3. The van der Waals surface area contributed by atoms with Gasteiger partial charge in [-0.25, -0.2) is 0 Å². The van der Waals surface area contributed by atoms with Crippen LogP contribution in [0.2, 0.25) is 5.02 Å². The van der Waals surface area contributed by atoms with Gasteiger partial charge < -0.3 is 4.84 Å². The molecule has 0 radical (unpaired) electrons. The number of alkyl halides is 3. The van der Waals surface area contributed by atoms with Crippen molar-refractivity contribution in [2.24, 2.45) is 5.16 Å². The maximum absolute atomic E-state index is 12.5. The molecular weight excluding hydrogens is 345 g/mol. The Balaban J connectivity index is 3.33. The average Bonchev–Trinajstić information content (AvgIpc) is 2.41. The van der Waals surface area contributed by atoms with Crippen LogP contribution < -0.4 is 4.72 Å². The summed E-state index contributed by atoms with van der Waals surface area (Å²) in [6, 6.07) is 3.72. The van der Waals surface area contributed by atoms with Crippen molar-refractivity contribution < 1.29 is 26.4 Å². The Labute approximate surface area is 131 Å². The van der Waals surface area contributed by atoms with E-state index >= 15 is 0 Å². The summed E-state index contributed by atoms with van der Waals surface area (Å²) < 4.78 is 61.4. The van der Waals surface area contributed by atoms with Crippen molar-refractivity contribution in [3.8, 4) is 0 Å². The van der Waals surface area contributed by atoms with Gasteiger partial charge in [-0.05, 0) is 31.5 Å². The molecule has 0 aliphatic heterocycles. The first kappa shape index (κ1) is 18.6. The molecule has 0 bridgehead atoms. The number of halogens is 4. The molecule has 0 amide bonds. The minimum absolute atomic E-state index is 0.122. The Morgan fingerprint density at radius 3 is 2.50 bits per heavy atom. The van der Waals surface area contributed by atoms with Gasteiger partial charge in [0, 0.05) is 10.6 Å². The number of hydrogen-bond acceptors (Lipinski definition) is 4. The molecule has 1 rings (SSSR count). The molecule has 1 aromatic rings. The van der Waals surface area contributed by atoms with Gasteiger partial charge in [-0.15, -0.1) is 0 Å². The van der Waals surface area contributed by atoms with Crippen molar-refractivity contribution in [3.63, 3.8) is 0 Å². The Hall–Kier alpha value is -1.48. The Bertz CT molecular complexity index is 660. The largest absolute Gasteiger partial charge is 0.516 e. The van der Waals surface area contributed by atoms with Crippen LogP contribution in [0.4, 0.5) is 18.9 Å². The zero-order valence-electron chi connectivity index (χ0n) is 11.7. The van der Waals surface area contributed by atoms with E-state index in [0.29, 0.717) is 6.42 Å². The first-order chi connectivity index (χ1) is 10.1. The Morgan fingerprint density at radius 1 is 1.36 bits per heavy atom. The topological polar surface area (TPSA) is 67.8 Å². The van der Waals surface area contributed by atoms with E-state index in [0.717, 1.165) is 6.07 Å². The van der Waals surface area contributed by atoms with Crippen LogP contribution in [0.3, 0.4) is 0 Å². The quantitative estimate of drug-likeness (QED) is 0.622. The molecule has 124 valence electrons. The van der Waals surface area contributed by atoms with E-state index < -0.39 is 15.5 Å². The van der Waals surface area contributed by atoms with Crippen molar-refractivity contribution in [1.29, 1.82) is 0 Å². The van der Waals surface area contributed by atoms with Crippen molar-refractivity contribution in [2.45, 2.75) is 25.8 Å². The van der Waals surface area contributed by atoms with Crippen LogP contribution in [-0.2, 0) is 14.9 Å². The summed E-state index contributed by atoms with van der Waals surface area (Å²) in [5, 5.41) is 3.99. The van der Waals surface area contributed by atoms with Crippen molar-refractivity contribution in [1.82, 2.24) is 0 Å². The van der Waals surface area contributed by atoms with Crippen LogP contribution in [0.15, 0.2) is 23.4 Å². The van der Waals surface area contributed by atoms with Crippen molar-refractivity contribution in [2.75, 3.05) is 11.3 Å². The van der Waals surface area contributed by atoms with Gasteiger partial charge in [-0.2, -0.15) is 21.6 Å². The summed E-state index contributed by atoms with van der Waals surface area (Å²) >= 11 is 5.82. The second-order valence-corrected chi connectivity index (χ2v) is 6.16. The summed E-state index contributed by atoms with van der Waals surface area (Å²) in [7, 11) is -5.54. The van der Waals surface area contributed by atoms with E-state index in [9.17, 15) is 21.6 Å². The molecule has 0 saturated carbocycles. The van der Waals surface area contributed by atoms with Crippen LogP contribution >= 0.6 is 11.6 Å². The summed E-state index contributed by atoms with van der Waals surface area (Å²) in [6.07, 6.45) is 0.307. The second kappa shape index (κ2) is 7.19. The van der Waals surface area contributed by atoms with Gasteiger partial charge >= 0.3 is 15.5 Å². The van der Waals surface area contributed by atoms with E-state index in [-0.39, 0.29) is 28.6 Å². The molecule has 0 unspecified atom stereocenters. The van der Waals surface area contributed by atoms with Gasteiger partial charge in [0.15, 0.2) is 0 Å². The fraction of sp³-hybridized carbons (Fsp3) is 0.417. The third-order valence-electron chi connectivity index (χ3n) is 2.48. The second-order valence-electron chi connectivity index (χ2n) is 4.05. The number of hydrogen-bond donors (Lipinski definition) is 1. The summed E-state index contributed by atoms with van der Waals surface area (Å²) in [4.78, 5) is 4.88. The predicted molar refractivity (Wildman–Crippen MR) is 78.5 cm³/mol. The molecule has 0 spiro atoms. The fourth-order valence-corrected chi connectivity index (χ4v) is 2.25. The molecule has 22 heavy (non-hydrogen) atoms. The van der Waals surface area contributed by atoms with Crippen LogP contribution in [0, 0.1) is 0 Å². The molecular formula is C12H14ClF3N2O3S. The minimum Gasteiger partial charge on any atom is -0.396 e. The molecule has 1 N–H and O–H groups in total. The van der Waals surface area contributed by atoms with Gasteiger partial charge in [0.25, 0.3) is 0 Å². The normalized spacial score (nSPS) is 13.1. The lowest BCUT2D eigenvalue weighted by molar-refractivity contribution is -0.0429. The lowest BCUT2D eigenvalue weighted by Gasteiger charge is -2.15. The maximum Gasteiger partial charge on any atom is 0.516 e. The van der Waals surface area contributed by atoms with E-state index in [1.165, 1.54) is 16.9 Å². The molecule has 0 aliphatic rings. The Kier molecular flexibility index (Phi) is 6.07. The maximum atomic E-state index is 12.5. The van der Waals surface area contributed by atoms with Gasteiger partial charge in [0.1, 0.15) is 6.61 Å². The number of benzene rings is 1. The van der Waals surface area contributed by atoms with Crippen LogP contribution in [0.1, 0.15) is 25.8 Å². The number of nitrogens with zero attached hydrogens (tertiary/aromatic N) is 1. The number of oxime groups is 1. The van der Waals surface area contributed by atoms with Crippen LogP contribution in [0.5, 0.6) is 0 Å². The smallest absolute Gasteiger partial charge is 0.396 e. The van der Waals surface area contributed by atoms with Gasteiger partial charge in [0.05, 0.1) is 11.4 Å². The van der Waals surface area contributed by atoms with E-state index in [1.54, 1.807) is 13.8 Å². The summed E-state index contributed by atoms with van der Waals surface area (Å²) in [5.41, 5.74) is -5.31. The summed E-state index contributed by atoms with van der Waals surface area (Å²) in [6.45, 7) is 3.64. The van der Waals surface area contributed by atoms with Crippen LogP contribution in [-0.4, -0.2) is 26.2 Å². The first-order valence-electron chi connectivity index (χ1n) is 6.20. The first-order valence-corrected chi connectivity index (χ1v) is 8.06. The number of nitrogens with one attached hydrogen (secondary N) is 1. The standard InChI is InChI=1S/C12H14ClF3N2O3S/c1-3-10(17-21-4-2)9-7-8(13)5-6-11(9)18-22(19,20)12(14,15)16/h5-7,18H,3-4H2,1-2H3.